The molecule has 12 heteroatoms. The van der Waals surface area contributed by atoms with Crippen LogP contribution < -0.4 is 15.4 Å². The molecule has 4 aromatic rings. The molecule has 47 heavy (non-hydrogen) atoms. The topological polar surface area (TPSA) is 82.9 Å². The molecule has 0 bridgehead atoms. The van der Waals surface area contributed by atoms with Crippen LogP contribution in [-0.2, 0) is 22.6 Å². The van der Waals surface area contributed by atoms with Crippen LogP contribution in [0.4, 0.5) is 28.9 Å². The highest BCUT2D eigenvalue weighted by atomic mass is 19.1. The monoisotopic (exact) mass is 648 g/mol. The molecule has 5 rings (SSSR count). The van der Waals surface area contributed by atoms with Gasteiger partial charge in [0.2, 0.25) is 5.78 Å². The third-order valence-corrected chi connectivity index (χ3v) is 8.09. The zero-order valence-electron chi connectivity index (χ0n) is 25.8. The van der Waals surface area contributed by atoms with Crippen LogP contribution in [0, 0.1) is 23.3 Å². The van der Waals surface area contributed by atoms with Gasteiger partial charge in [0.15, 0.2) is 5.78 Å². The van der Waals surface area contributed by atoms with Crippen LogP contribution in [0.3, 0.4) is 0 Å². The Hall–Kier alpha value is -5.26. The second-order valence-electron chi connectivity index (χ2n) is 11.5. The molecule has 1 amide bonds. The number of benzene rings is 3. The van der Waals surface area contributed by atoms with Crippen LogP contribution >= 0.6 is 0 Å². The Labute approximate surface area is 268 Å². The number of carbonyl (C=O) groups excluding carboxylic acids is 3. The van der Waals surface area contributed by atoms with Crippen molar-refractivity contribution in [3.8, 4) is 0 Å². The van der Waals surface area contributed by atoms with E-state index in [-0.39, 0.29) is 30.8 Å². The quantitative estimate of drug-likeness (QED) is 0.108. The minimum absolute atomic E-state index is 0.0715. The number of carbonyl (C=O) groups is 3. The Morgan fingerprint density at radius 1 is 0.809 bits per heavy atom. The maximum Gasteiger partial charge on any atom is 0.290 e. The molecule has 0 aliphatic carbocycles. The summed E-state index contributed by atoms with van der Waals surface area (Å²) in [4.78, 5) is 58.2. The number of Topliss-reactive ketones (excluding diaryl/α,β-unsaturated/α-hetero) is 2. The first-order chi connectivity index (χ1) is 22.4. The van der Waals surface area contributed by atoms with Gasteiger partial charge in [-0.05, 0) is 42.0 Å². The summed E-state index contributed by atoms with van der Waals surface area (Å²) in [6.45, 7) is 1.09. The van der Waals surface area contributed by atoms with Crippen molar-refractivity contribution in [2.45, 2.75) is 19.4 Å². The van der Waals surface area contributed by atoms with Gasteiger partial charge < -0.3 is 19.3 Å². The van der Waals surface area contributed by atoms with E-state index in [1.807, 2.05) is 43.3 Å². The number of anilines is 2. The summed E-state index contributed by atoms with van der Waals surface area (Å²) in [6.07, 6.45) is -0.179. The summed E-state index contributed by atoms with van der Waals surface area (Å²) in [6, 6.07) is 15.6. The Morgan fingerprint density at radius 2 is 1.45 bits per heavy atom. The largest absolute Gasteiger partial charge is 0.378 e. The van der Waals surface area contributed by atoms with Crippen molar-refractivity contribution in [2.24, 2.45) is 0 Å². The lowest BCUT2D eigenvalue weighted by Gasteiger charge is -2.36. The molecule has 3 aromatic carbocycles. The third-order valence-electron chi connectivity index (χ3n) is 8.09. The average Bonchev–Trinajstić information content (AvgIpc) is 3.04. The molecular formula is C35H32F4N4O4. The predicted octanol–water partition coefficient (Wildman–Crippen LogP) is 4.60. The number of piperazine rings is 1. The van der Waals surface area contributed by atoms with Crippen molar-refractivity contribution < 1.29 is 31.9 Å². The van der Waals surface area contributed by atoms with Crippen LogP contribution in [0.25, 0.3) is 0 Å². The van der Waals surface area contributed by atoms with Crippen LogP contribution in [-0.4, -0.2) is 67.2 Å². The smallest absolute Gasteiger partial charge is 0.290 e. The molecule has 2 heterocycles. The number of pyridine rings is 1. The summed E-state index contributed by atoms with van der Waals surface area (Å²) in [5, 5.41) is 0. The maximum absolute atomic E-state index is 14.5. The highest BCUT2D eigenvalue weighted by molar-refractivity contribution is 6.40. The van der Waals surface area contributed by atoms with Gasteiger partial charge in [-0.15, -0.1) is 0 Å². The third kappa shape index (κ3) is 7.59. The number of halogens is 4. The number of aromatic nitrogens is 1. The van der Waals surface area contributed by atoms with Crippen molar-refractivity contribution in [1.82, 2.24) is 9.47 Å². The summed E-state index contributed by atoms with van der Waals surface area (Å²) in [7, 11) is 3.88. The molecule has 1 fully saturated rings. The molecule has 1 aliphatic rings. The van der Waals surface area contributed by atoms with E-state index < -0.39 is 70.3 Å². The van der Waals surface area contributed by atoms with Crippen molar-refractivity contribution in [1.29, 1.82) is 0 Å². The zero-order chi connectivity index (χ0) is 33.8. The van der Waals surface area contributed by atoms with E-state index in [4.69, 9.17) is 0 Å². The predicted molar refractivity (Wildman–Crippen MR) is 169 cm³/mol. The van der Waals surface area contributed by atoms with E-state index in [1.54, 1.807) is 6.07 Å². The number of hydrogen-bond donors (Lipinski definition) is 0. The first kappa shape index (κ1) is 33.1. The lowest BCUT2D eigenvalue weighted by molar-refractivity contribution is -0.144. The summed E-state index contributed by atoms with van der Waals surface area (Å²) < 4.78 is 57.9. The first-order valence-electron chi connectivity index (χ1n) is 14.9. The number of hydrogen-bond acceptors (Lipinski definition) is 6. The van der Waals surface area contributed by atoms with Gasteiger partial charge in [0, 0.05) is 87.5 Å². The SMILES string of the molecule is CN(C)c1ccc(N2CCN(C(=O)C(=O)CC(=O)c3cc(Cc4c(F)cc(F)cc4F)cn(Cc4ccccc4F)c3=O)CC2)cc1. The van der Waals surface area contributed by atoms with Gasteiger partial charge in [-0.2, -0.15) is 0 Å². The number of amides is 1. The normalized spacial score (nSPS) is 13.1. The Kier molecular flexibility index (Phi) is 9.88. The summed E-state index contributed by atoms with van der Waals surface area (Å²) >= 11 is 0. The fourth-order valence-electron chi connectivity index (χ4n) is 5.49. The van der Waals surface area contributed by atoms with E-state index >= 15 is 0 Å². The lowest BCUT2D eigenvalue weighted by atomic mass is 10.00. The molecule has 1 saturated heterocycles. The van der Waals surface area contributed by atoms with Gasteiger partial charge >= 0.3 is 0 Å². The minimum Gasteiger partial charge on any atom is -0.378 e. The fourth-order valence-corrected chi connectivity index (χ4v) is 5.49. The van der Waals surface area contributed by atoms with E-state index in [0.717, 1.165) is 22.0 Å². The number of nitrogens with zero attached hydrogens (tertiary/aromatic N) is 4. The van der Waals surface area contributed by atoms with Gasteiger partial charge in [-0.25, -0.2) is 17.6 Å². The van der Waals surface area contributed by atoms with Gasteiger partial charge in [0.25, 0.3) is 11.5 Å². The fraction of sp³-hybridized carbons (Fsp3) is 0.257. The lowest BCUT2D eigenvalue weighted by Crippen LogP contribution is -2.51. The Morgan fingerprint density at radius 3 is 2.06 bits per heavy atom. The molecule has 0 spiro atoms. The van der Waals surface area contributed by atoms with Gasteiger partial charge in [0.05, 0.1) is 18.5 Å². The standard InChI is InChI=1S/C35H32F4N4O4/c1-40(2)25-7-9-26(10-8-25)41-11-13-42(14-12-41)35(47)33(45)19-32(44)28-16-22(15-27-30(38)17-24(36)18-31(27)39)20-43(34(28)46)21-23-5-3-4-6-29(23)37/h3-10,16-18,20H,11-15,19,21H2,1-2H3. The van der Waals surface area contributed by atoms with Gasteiger partial charge in [-0.3, -0.25) is 19.2 Å². The number of ketones is 2. The molecule has 0 unspecified atom stereocenters. The summed E-state index contributed by atoms with van der Waals surface area (Å²) in [5.41, 5.74) is 0.281. The second-order valence-corrected chi connectivity index (χ2v) is 11.5. The van der Waals surface area contributed by atoms with Crippen molar-refractivity contribution >= 4 is 28.8 Å². The van der Waals surface area contributed by atoms with Crippen molar-refractivity contribution in [3.63, 3.8) is 0 Å². The van der Waals surface area contributed by atoms with Crippen LogP contribution in [0.2, 0.25) is 0 Å². The van der Waals surface area contributed by atoms with E-state index in [1.165, 1.54) is 29.3 Å². The highest BCUT2D eigenvalue weighted by Gasteiger charge is 2.29. The first-order valence-corrected chi connectivity index (χ1v) is 14.9. The van der Waals surface area contributed by atoms with E-state index in [0.29, 0.717) is 25.2 Å². The average molecular weight is 649 g/mol. The maximum atomic E-state index is 14.5. The minimum atomic E-state index is -1.17. The van der Waals surface area contributed by atoms with E-state index in [9.17, 15) is 36.7 Å². The van der Waals surface area contributed by atoms with Crippen molar-refractivity contribution in [2.75, 3.05) is 50.1 Å². The van der Waals surface area contributed by atoms with Crippen LogP contribution in [0.15, 0.2) is 77.7 Å². The molecule has 1 aliphatic heterocycles. The molecule has 0 radical (unpaired) electrons. The van der Waals surface area contributed by atoms with Gasteiger partial charge in [0.1, 0.15) is 23.3 Å². The molecule has 1 aromatic heterocycles. The Balaban J connectivity index is 1.33. The van der Waals surface area contributed by atoms with Gasteiger partial charge in [-0.1, -0.05) is 18.2 Å². The molecule has 8 nitrogen and oxygen atoms in total. The molecule has 0 atom stereocenters. The molecule has 0 N–H and O–H groups in total. The second kappa shape index (κ2) is 14.0. The number of rotatable bonds is 10. The highest BCUT2D eigenvalue weighted by Crippen LogP contribution is 2.22. The Bertz CT molecular complexity index is 1860. The zero-order valence-corrected chi connectivity index (χ0v) is 25.8. The van der Waals surface area contributed by atoms with Crippen molar-refractivity contribution in [3.05, 3.63) is 129 Å². The molecular weight excluding hydrogens is 616 g/mol. The molecule has 0 saturated carbocycles. The van der Waals surface area contributed by atoms with Crippen LogP contribution in [0.1, 0.15) is 33.5 Å². The van der Waals surface area contributed by atoms with Crippen LogP contribution in [0.5, 0.6) is 0 Å². The van der Waals surface area contributed by atoms with E-state index in [2.05, 4.69) is 4.90 Å². The molecule has 244 valence electrons. The summed E-state index contributed by atoms with van der Waals surface area (Å²) in [5.74, 6) is -6.94.